The van der Waals surface area contributed by atoms with Gasteiger partial charge in [-0.3, -0.25) is 4.79 Å². The number of likely N-dealkylation sites (N-methyl/N-ethyl adjacent to an activating group) is 1. The van der Waals surface area contributed by atoms with Gasteiger partial charge in [0.2, 0.25) is 0 Å². The quantitative estimate of drug-likeness (QED) is 0.243. The molecule has 3 rings (SSSR count). The zero-order valence-electron chi connectivity index (χ0n) is 22.0. The summed E-state index contributed by atoms with van der Waals surface area (Å²) in [5.41, 5.74) is 1.01. The van der Waals surface area contributed by atoms with Crippen molar-refractivity contribution in [3.63, 3.8) is 0 Å². The van der Waals surface area contributed by atoms with Gasteiger partial charge in [0.1, 0.15) is 17.8 Å². The van der Waals surface area contributed by atoms with E-state index in [-0.39, 0.29) is 12.1 Å². The topological polar surface area (TPSA) is 148 Å². The summed E-state index contributed by atoms with van der Waals surface area (Å²) < 4.78 is 51.4. The van der Waals surface area contributed by atoms with Crippen molar-refractivity contribution in [3.05, 3.63) is 47.6 Å². The number of carboxylic acid groups (broad SMARTS) is 1. The number of aliphatic hydroxyl groups excluding tert-OH is 1. The Morgan fingerprint density at radius 2 is 1.81 bits per heavy atom. The average molecular weight is 861 g/mol. The lowest BCUT2D eigenvalue weighted by molar-refractivity contribution is -0.225. The van der Waals surface area contributed by atoms with E-state index in [9.17, 15) is 23.1 Å². The van der Waals surface area contributed by atoms with Gasteiger partial charge in [0.15, 0.2) is 11.8 Å². The molecule has 11 nitrogen and oxygen atoms in total. The van der Waals surface area contributed by atoms with Crippen LogP contribution in [0.1, 0.15) is 18.4 Å². The summed E-state index contributed by atoms with van der Waals surface area (Å²) in [4.78, 5) is 26.9. The lowest BCUT2D eigenvalue weighted by Gasteiger charge is -2.27. The van der Waals surface area contributed by atoms with E-state index in [1.807, 2.05) is 19.2 Å². The molecule has 0 aromatic heterocycles. The van der Waals surface area contributed by atoms with Crippen LogP contribution in [-0.2, 0) is 30.3 Å². The van der Waals surface area contributed by atoms with Crippen LogP contribution in [0.25, 0.3) is 0 Å². The van der Waals surface area contributed by atoms with Gasteiger partial charge in [-0.2, -0.15) is 13.2 Å². The Bertz CT molecular complexity index is 1220. The third-order valence-corrected chi connectivity index (χ3v) is 7.82. The number of allylic oxidation sites excluding steroid dienone is 1. The number of oxime groups is 1. The van der Waals surface area contributed by atoms with Gasteiger partial charge < -0.3 is 39.9 Å². The van der Waals surface area contributed by atoms with Crippen LogP contribution in [0.4, 0.5) is 13.2 Å². The molecule has 1 spiro atoms. The minimum Gasteiger partial charge on any atom is -0.495 e. The van der Waals surface area contributed by atoms with Gasteiger partial charge in [-0.1, -0.05) is 21.1 Å². The summed E-state index contributed by atoms with van der Waals surface area (Å²) >= 11 is 13.9. The number of hydrogen-bond donors (Lipinski definition) is 4. The summed E-state index contributed by atoms with van der Waals surface area (Å²) in [6.45, 7) is 1.58. The summed E-state index contributed by atoms with van der Waals surface area (Å²) in [7, 11) is 3.42. The van der Waals surface area contributed by atoms with Crippen molar-refractivity contribution < 1.29 is 52.0 Å². The zero-order chi connectivity index (χ0) is 31.7. The van der Waals surface area contributed by atoms with Gasteiger partial charge in [-0.05, 0) is 91.9 Å². The predicted molar refractivity (Wildman–Crippen MR) is 159 cm³/mol. The second-order valence-corrected chi connectivity index (χ2v) is 12.0. The van der Waals surface area contributed by atoms with Crippen molar-refractivity contribution in [3.8, 4) is 5.75 Å². The number of benzene rings is 1. The third kappa shape index (κ3) is 9.83. The minimum absolute atomic E-state index is 0.0779. The summed E-state index contributed by atoms with van der Waals surface area (Å²) in [6.07, 6.45) is -3.63. The minimum atomic E-state index is -5.08. The molecule has 18 heteroatoms. The molecule has 1 aromatic rings. The molecule has 1 aromatic carbocycles. The Labute approximate surface area is 272 Å². The van der Waals surface area contributed by atoms with Crippen LogP contribution in [-0.4, -0.2) is 79.7 Å². The van der Waals surface area contributed by atoms with Crippen molar-refractivity contribution in [1.82, 2.24) is 10.6 Å². The van der Waals surface area contributed by atoms with E-state index in [1.54, 1.807) is 0 Å². The SMILES string of the molecule is CNCCc1cc(Br)c(OCCCNC(=O)C2=NO[C@]3(CC(Br)=C(OC)C(Br)=CO3)[C@@H]2O)c(Br)c1.O=C(O)C(F)(F)F. The first-order valence-corrected chi connectivity index (χ1v) is 15.1. The highest BCUT2D eigenvalue weighted by Gasteiger charge is 2.54. The van der Waals surface area contributed by atoms with E-state index in [1.165, 1.54) is 18.9 Å². The van der Waals surface area contributed by atoms with Crippen molar-refractivity contribution in [2.45, 2.75) is 37.3 Å². The number of amides is 1. The zero-order valence-corrected chi connectivity index (χ0v) is 28.3. The average Bonchev–Trinajstić information content (AvgIpc) is 3.16. The highest BCUT2D eigenvalue weighted by atomic mass is 79.9. The first-order chi connectivity index (χ1) is 19.7. The number of rotatable bonds is 10. The van der Waals surface area contributed by atoms with Crippen molar-refractivity contribution >= 4 is 81.3 Å². The molecule has 42 heavy (non-hydrogen) atoms. The van der Waals surface area contributed by atoms with Gasteiger partial charge in [-0.15, -0.1) is 0 Å². The normalized spacial score (nSPS) is 19.9. The maximum Gasteiger partial charge on any atom is 0.490 e. The molecule has 2 aliphatic rings. The van der Waals surface area contributed by atoms with E-state index in [0.717, 1.165) is 21.9 Å². The van der Waals surface area contributed by atoms with Crippen LogP contribution in [0, 0.1) is 0 Å². The van der Waals surface area contributed by atoms with Crippen molar-refractivity contribution in [1.29, 1.82) is 0 Å². The number of nitrogens with one attached hydrogen (secondary N) is 2. The molecule has 0 saturated carbocycles. The maximum absolute atomic E-state index is 12.6. The number of carboxylic acids is 1. The Hall–Kier alpha value is -1.86. The number of nitrogens with zero attached hydrogens (tertiary/aromatic N) is 1. The standard InChI is InChI=1S/C22H25Br4N3O6.C2HF3O2/c1-27-6-4-12-8-13(23)19(14(24)9-12)33-7-3-5-28-21(31)17-20(30)22(35-29-17)10-15(25)18(32-2)16(26)11-34-22;3-2(4,5)1(6)7/h8-9,11,20,27,30H,3-7,10H2,1-2H3,(H,28,31);(H,6,7)/t20-,22-;/m1./s1. The fourth-order valence-corrected chi connectivity index (χ4v) is 6.44. The number of hydrogen-bond acceptors (Lipinski definition) is 9. The molecule has 0 aliphatic carbocycles. The Morgan fingerprint density at radius 1 is 1.19 bits per heavy atom. The first kappa shape index (κ1) is 36.3. The van der Waals surface area contributed by atoms with Gasteiger partial charge in [0.25, 0.3) is 5.91 Å². The predicted octanol–water partition coefficient (Wildman–Crippen LogP) is 4.84. The smallest absolute Gasteiger partial charge is 0.490 e. The Kier molecular flexibility index (Phi) is 14.1. The second-order valence-electron chi connectivity index (χ2n) is 8.48. The lowest BCUT2D eigenvalue weighted by atomic mass is 10.0. The van der Waals surface area contributed by atoms with Gasteiger partial charge in [0, 0.05) is 11.0 Å². The van der Waals surface area contributed by atoms with Gasteiger partial charge in [-0.25, -0.2) is 4.79 Å². The maximum atomic E-state index is 12.6. The second kappa shape index (κ2) is 16.3. The molecule has 2 heterocycles. The first-order valence-electron chi connectivity index (χ1n) is 11.9. The number of carbonyl (C=O) groups is 2. The van der Waals surface area contributed by atoms with Crippen molar-refractivity contribution in [2.24, 2.45) is 5.16 Å². The van der Waals surface area contributed by atoms with Crippen LogP contribution < -0.4 is 15.4 Å². The largest absolute Gasteiger partial charge is 0.495 e. The van der Waals surface area contributed by atoms with Crippen LogP contribution in [0.5, 0.6) is 5.75 Å². The molecule has 0 unspecified atom stereocenters. The van der Waals surface area contributed by atoms with Crippen LogP contribution in [0.3, 0.4) is 0 Å². The molecule has 4 N–H and O–H groups in total. The summed E-state index contributed by atoms with van der Waals surface area (Å²) in [6, 6.07) is 4.06. The molecular weight excluding hydrogens is 835 g/mol. The fraction of sp³-hybridized carbons (Fsp3) is 0.458. The van der Waals surface area contributed by atoms with Crippen molar-refractivity contribution in [2.75, 3.05) is 33.9 Å². The number of halogens is 7. The molecule has 0 saturated heterocycles. The molecule has 1 amide bonds. The fourth-order valence-electron chi connectivity index (χ4n) is 3.40. The number of aliphatic hydroxyl groups is 1. The van der Waals surface area contributed by atoms with Gasteiger partial charge in [0.05, 0.1) is 33.6 Å². The van der Waals surface area contributed by atoms with E-state index in [4.69, 9.17) is 28.9 Å². The van der Waals surface area contributed by atoms with E-state index in [2.05, 4.69) is 79.5 Å². The van der Waals surface area contributed by atoms with E-state index in [0.29, 0.717) is 40.0 Å². The Balaban J connectivity index is 0.000000782. The molecule has 2 aliphatic heterocycles. The highest BCUT2D eigenvalue weighted by molar-refractivity contribution is 9.12. The van der Waals surface area contributed by atoms with Crippen LogP contribution >= 0.6 is 63.7 Å². The monoisotopic (exact) mass is 857 g/mol. The van der Waals surface area contributed by atoms with E-state index >= 15 is 0 Å². The number of carbonyl (C=O) groups excluding carboxylic acids is 1. The number of ether oxygens (including phenoxy) is 3. The molecule has 0 fully saturated rings. The van der Waals surface area contributed by atoms with Crippen LogP contribution in [0.2, 0.25) is 0 Å². The molecule has 0 bridgehead atoms. The number of aliphatic carboxylic acids is 1. The molecule has 234 valence electrons. The molecule has 2 atom stereocenters. The van der Waals surface area contributed by atoms with Crippen LogP contribution in [0.15, 0.2) is 47.2 Å². The highest BCUT2D eigenvalue weighted by Crippen LogP contribution is 2.41. The third-order valence-electron chi connectivity index (χ3n) is 5.45. The number of alkyl halides is 3. The molecule has 0 radical (unpaired) electrons. The van der Waals surface area contributed by atoms with Gasteiger partial charge >= 0.3 is 17.9 Å². The lowest BCUT2D eigenvalue weighted by Crippen LogP contribution is -2.49. The van der Waals surface area contributed by atoms with E-state index < -0.39 is 29.9 Å². The number of methoxy groups -OCH3 is 1. The summed E-state index contributed by atoms with van der Waals surface area (Å²) in [5.74, 6) is -3.69. The molecular formula is C24H26Br4F3N3O8. The summed E-state index contributed by atoms with van der Waals surface area (Å²) in [5, 5.41) is 27.6. The Morgan fingerprint density at radius 3 is 2.36 bits per heavy atom.